The Morgan fingerprint density at radius 2 is 2.27 bits per heavy atom. The number of nitrogen functional groups attached to an aromatic ring is 1. The number of rotatable bonds is 3. The summed E-state index contributed by atoms with van der Waals surface area (Å²) < 4.78 is 17.2. The van der Waals surface area contributed by atoms with E-state index in [-0.39, 0.29) is 23.7 Å². The number of anilines is 1. The molecule has 0 spiro atoms. The van der Waals surface area contributed by atoms with Gasteiger partial charge in [-0.05, 0) is 17.7 Å². The van der Waals surface area contributed by atoms with E-state index in [1.807, 2.05) is 0 Å². The van der Waals surface area contributed by atoms with Crippen molar-refractivity contribution in [3.8, 4) is 0 Å². The second-order valence-corrected chi connectivity index (χ2v) is 3.24. The molecule has 1 aromatic rings. The highest BCUT2D eigenvalue weighted by Crippen LogP contribution is 2.22. The summed E-state index contributed by atoms with van der Waals surface area (Å²) in [5, 5.41) is 8.42. The van der Waals surface area contributed by atoms with Crippen molar-refractivity contribution in [3.05, 3.63) is 28.5 Å². The van der Waals surface area contributed by atoms with Crippen LogP contribution in [0.1, 0.15) is 5.56 Å². The van der Waals surface area contributed by atoms with E-state index in [9.17, 15) is 9.18 Å². The third-order valence-corrected chi connectivity index (χ3v) is 2.11. The van der Waals surface area contributed by atoms with E-state index in [0.717, 1.165) is 6.07 Å². The topological polar surface area (TPSA) is 72.5 Å². The molecule has 82 valence electrons. The normalized spacial score (nSPS) is 10.0. The first-order chi connectivity index (χ1) is 7.00. The summed E-state index contributed by atoms with van der Waals surface area (Å²) in [6.45, 7) is -0.0415. The maximum atomic E-state index is 12.9. The van der Waals surface area contributed by atoms with E-state index >= 15 is 0 Å². The van der Waals surface area contributed by atoms with Crippen molar-refractivity contribution in [1.82, 2.24) is 0 Å². The van der Waals surface area contributed by atoms with Crippen LogP contribution in [0.2, 0.25) is 5.02 Å². The van der Waals surface area contributed by atoms with Gasteiger partial charge in [-0.25, -0.2) is 9.18 Å². The summed E-state index contributed by atoms with van der Waals surface area (Å²) in [6, 6.07) is 2.45. The van der Waals surface area contributed by atoms with Crippen LogP contribution in [0.15, 0.2) is 12.1 Å². The van der Waals surface area contributed by atoms with Gasteiger partial charge in [0.05, 0.1) is 12.3 Å². The zero-order valence-corrected chi connectivity index (χ0v) is 8.42. The van der Waals surface area contributed by atoms with Crippen LogP contribution in [-0.4, -0.2) is 17.9 Å². The zero-order chi connectivity index (χ0) is 11.4. The zero-order valence-electron chi connectivity index (χ0n) is 7.67. The molecule has 1 rings (SSSR count). The van der Waals surface area contributed by atoms with Crippen molar-refractivity contribution in [2.75, 3.05) is 12.3 Å². The van der Waals surface area contributed by atoms with Crippen LogP contribution in [0.25, 0.3) is 0 Å². The third-order valence-electron chi connectivity index (χ3n) is 1.76. The van der Waals surface area contributed by atoms with Crippen LogP contribution in [-0.2, 0) is 11.2 Å². The molecule has 0 radical (unpaired) electrons. The summed E-state index contributed by atoms with van der Waals surface area (Å²) in [4.78, 5) is 10.1. The van der Waals surface area contributed by atoms with Gasteiger partial charge in [0.15, 0.2) is 0 Å². The molecule has 0 aliphatic heterocycles. The van der Waals surface area contributed by atoms with Gasteiger partial charge < -0.3 is 15.6 Å². The first-order valence-electron chi connectivity index (χ1n) is 4.10. The lowest BCUT2D eigenvalue weighted by Gasteiger charge is -2.06. The Bertz CT molecular complexity index is 384. The van der Waals surface area contributed by atoms with Crippen LogP contribution in [0.4, 0.5) is 14.9 Å². The van der Waals surface area contributed by atoms with Crippen molar-refractivity contribution in [1.29, 1.82) is 0 Å². The van der Waals surface area contributed by atoms with Crippen molar-refractivity contribution in [2.45, 2.75) is 6.42 Å². The average molecular weight is 234 g/mol. The molecule has 4 nitrogen and oxygen atoms in total. The number of benzene rings is 1. The summed E-state index contributed by atoms with van der Waals surface area (Å²) in [7, 11) is 0. The third kappa shape index (κ3) is 3.28. The van der Waals surface area contributed by atoms with Crippen LogP contribution >= 0.6 is 11.6 Å². The number of nitrogens with two attached hydrogens (primary N) is 1. The quantitative estimate of drug-likeness (QED) is 0.621. The highest BCUT2D eigenvalue weighted by Gasteiger charge is 2.07. The Labute approximate surface area is 90.4 Å². The fraction of sp³-hybridized carbons (Fsp3) is 0.222. The van der Waals surface area contributed by atoms with Crippen LogP contribution in [0.5, 0.6) is 0 Å². The molecular weight excluding hydrogens is 225 g/mol. The van der Waals surface area contributed by atoms with Gasteiger partial charge in [0, 0.05) is 11.4 Å². The fourth-order valence-corrected chi connectivity index (χ4v) is 1.30. The second-order valence-electron chi connectivity index (χ2n) is 2.83. The van der Waals surface area contributed by atoms with E-state index in [0.29, 0.717) is 5.56 Å². The molecule has 0 atom stereocenters. The minimum Gasteiger partial charge on any atom is -0.450 e. The predicted molar refractivity (Wildman–Crippen MR) is 53.5 cm³/mol. The van der Waals surface area contributed by atoms with E-state index in [4.69, 9.17) is 22.4 Å². The van der Waals surface area contributed by atoms with Gasteiger partial charge in [0.25, 0.3) is 0 Å². The standard InChI is InChI=1S/C9H9ClFNO3/c10-6-4-7(11)8(12)3-5(6)1-2-15-9(13)14/h3-4H,1-2,12H2,(H,13,14). The maximum absolute atomic E-state index is 12.9. The molecule has 0 bridgehead atoms. The van der Waals surface area contributed by atoms with Gasteiger partial charge in [-0.3, -0.25) is 0 Å². The summed E-state index contributed by atoms with van der Waals surface area (Å²) >= 11 is 5.72. The molecule has 0 heterocycles. The number of halogens is 2. The molecule has 0 amide bonds. The second kappa shape index (κ2) is 4.84. The van der Waals surface area contributed by atoms with Crippen molar-refractivity contribution in [3.63, 3.8) is 0 Å². The first-order valence-corrected chi connectivity index (χ1v) is 4.47. The van der Waals surface area contributed by atoms with Gasteiger partial charge in [-0.2, -0.15) is 0 Å². The van der Waals surface area contributed by atoms with Gasteiger partial charge in [0.2, 0.25) is 0 Å². The molecule has 0 saturated carbocycles. The van der Waals surface area contributed by atoms with Crippen molar-refractivity contribution < 1.29 is 19.0 Å². The Kier molecular flexibility index (Phi) is 3.74. The van der Waals surface area contributed by atoms with E-state index in [1.165, 1.54) is 6.07 Å². The highest BCUT2D eigenvalue weighted by atomic mass is 35.5. The summed E-state index contributed by atoms with van der Waals surface area (Å²) in [5.41, 5.74) is 5.86. The minimum atomic E-state index is -1.36. The lowest BCUT2D eigenvalue weighted by Crippen LogP contribution is -2.05. The molecule has 3 N–H and O–H groups in total. The van der Waals surface area contributed by atoms with Crippen LogP contribution in [0, 0.1) is 5.82 Å². The number of hydrogen-bond acceptors (Lipinski definition) is 3. The van der Waals surface area contributed by atoms with Crippen molar-refractivity contribution >= 4 is 23.4 Å². The number of ether oxygens (including phenoxy) is 1. The molecule has 6 heteroatoms. The summed E-state index contributed by atoms with van der Waals surface area (Å²) in [5.74, 6) is -0.595. The lowest BCUT2D eigenvalue weighted by atomic mass is 10.1. The smallest absolute Gasteiger partial charge is 0.450 e. The largest absolute Gasteiger partial charge is 0.505 e. The van der Waals surface area contributed by atoms with Gasteiger partial charge in [-0.15, -0.1) is 0 Å². The Hall–Kier alpha value is -1.49. The van der Waals surface area contributed by atoms with Gasteiger partial charge >= 0.3 is 6.16 Å². The minimum absolute atomic E-state index is 0.0234. The SMILES string of the molecule is Nc1cc(CCOC(=O)O)c(Cl)cc1F. The first kappa shape index (κ1) is 11.6. The van der Waals surface area contributed by atoms with E-state index in [1.54, 1.807) is 0 Å². The molecule has 0 aliphatic carbocycles. The maximum Gasteiger partial charge on any atom is 0.505 e. The molecule has 0 aromatic heterocycles. The van der Waals surface area contributed by atoms with E-state index in [2.05, 4.69) is 4.74 Å². The van der Waals surface area contributed by atoms with Gasteiger partial charge in [-0.1, -0.05) is 11.6 Å². The molecule has 15 heavy (non-hydrogen) atoms. The van der Waals surface area contributed by atoms with E-state index < -0.39 is 12.0 Å². The molecule has 0 unspecified atom stereocenters. The molecule has 1 aromatic carbocycles. The highest BCUT2D eigenvalue weighted by molar-refractivity contribution is 6.31. The fourth-order valence-electron chi connectivity index (χ4n) is 1.05. The molecular formula is C9H9ClFNO3. The summed E-state index contributed by atoms with van der Waals surface area (Å²) in [6.07, 6.45) is -1.10. The molecule has 0 saturated heterocycles. The molecule has 0 aliphatic rings. The number of carbonyl (C=O) groups is 1. The molecule has 0 fully saturated rings. The number of carboxylic acid groups (broad SMARTS) is 1. The lowest BCUT2D eigenvalue weighted by molar-refractivity contribution is 0.0927. The van der Waals surface area contributed by atoms with Crippen LogP contribution < -0.4 is 5.73 Å². The Morgan fingerprint density at radius 1 is 1.60 bits per heavy atom. The van der Waals surface area contributed by atoms with Crippen molar-refractivity contribution in [2.24, 2.45) is 0 Å². The predicted octanol–water partition coefficient (Wildman–Crippen LogP) is 2.30. The van der Waals surface area contributed by atoms with Crippen LogP contribution in [0.3, 0.4) is 0 Å². The van der Waals surface area contributed by atoms with Gasteiger partial charge in [0.1, 0.15) is 5.82 Å². The Balaban J connectivity index is 2.69. The average Bonchev–Trinajstić information content (AvgIpc) is 2.13. The Morgan fingerprint density at radius 3 is 2.87 bits per heavy atom. The number of hydrogen-bond donors (Lipinski definition) is 2. The monoisotopic (exact) mass is 233 g/mol.